The van der Waals surface area contributed by atoms with Crippen LogP contribution < -0.4 is 0 Å². The summed E-state index contributed by atoms with van der Waals surface area (Å²) in [6, 6.07) is 7.36. The van der Waals surface area contributed by atoms with Crippen molar-refractivity contribution >= 4 is 17.6 Å². The average Bonchev–Trinajstić information content (AvgIpc) is 2.86. The Labute approximate surface area is 121 Å². The molecule has 0 aliphatic heterocycles. The summed E-state index contributed by atoms with van der Waals surface area (Å²) in [6.07, 6.45) is 2.55. The normalized spacial score (nSPS) is 10.7. The van der Waals surface area contributed by atoms with Crippen LogP contribution in [0.3, 0.4) is 0 Å². The monoisotopic (exact) mass is 294 g/mol. The summed E-state index contributed by atoms with van der Waals surface area (Å²) >= 11 is 5.96. The van der Waals surface area contributed by atoms with Gasteiger partial charge in [0.05, 0.1) is 0 Å². The highest BCUT2D eigenvalue weighted by molar-refractivity contribution is 6.30. The van der Waals surface area contributed by atoms with E-state index in [1.165, 1.54) is 0 Å². The first-order chi connectivity index (χ1) is 9.66. The molecule has 1 heterocycles. The second-order valence-corrected chi connectivity index (χ2v) is 4.88. The molecule has 0 spiro atoms. The third-order valence-electron chi connectivity index (χ3n) is 2.88. The maximum absolute atomic E-state index is 10.4. The lowest BCUT2D eigenvalue weighted by Gasteiger charge is -2.04. The van der Waals surface area contributed by atoms with Crippen LogP contribution in [-0.4, -0.2) is 31.3 Å². The largest absolute Gasteiger partial charge is 0.481 e. The van der Waals surface area contributed by atoms with E-state index in [1.54, 1.807) is 10.7 Å². The average molecular weight is 295 g/mol. The molecule has 0 unspecified atom stereocenters. The van der Waals surface area contributed by atoms with Crippen LogP contribution in [0.1, 0.15) is 25.7 Å². The Morgan fingerprint density at radius 1 is 1.30 bits per heavy atom. The lowest BCUT2D eigenvalue weighted by atomic mass is 10.2. The Morgan fingerprint density at radius 2 is 2.15 bits per heavy atom. The van der Waals surface area contributed by atoms with E-state index in [4.69, 9.17) is 16.7 Å². The fraction of sp³-hybridized carbons (Fsp3) is 0.385. The van der Waals surface area contributed by atoms with Crippen molar-refractivity contribution in [1.82, 2.24) is 20.2 Å². The predicted octanol–water partition coefficient (Wildman–Crippen LogP) is 2.64. The van der Waals surface area contributed by atoms with E-state index in [0.717, 1.165) is 18.4 Å². The van der Waals surface area contributed by atoms with Crippen LogP contribution in [0.25, 0.3) is 11.4 Å². The summed E-state index contributed by atoms with van der Waals surface area (Å²) in [6.45, 7) is 0.661. The number of hydrogen-bond acceptors (Lipinski definition) is 4. The van der Waals surface area contributed by atoms with Crippen molar-refractivity contribution in [2.75, 3.05) is 0 Å². The summed E-state index contributed by atoms with van der Waals surface area (Å²) in [5.74, 6) is -0.0854. The molecule has 0 bridgehead atoms. The highest BCUT2D eigenvalue weighted by atomic mass is 35.5. The SMILES string of the molecule is O=C(O)CCCCCn1nnnc1-c1cccc(Cl)c1. The van der Waals surface area contributed by atoms with Crippen molar-refractivity contribution in [3.05, 3.63) is 29.3 Å². The minimum Gasteiger partial charge on any atom is -0.481 e. The third-order valence-corrected chi connectivity index (χ3v) is 3.11. The number of nitrogens with zero attached hydrogens (tertiary/aromatic N) is 4. The quantitative estimate of drug-likeness (QED) is 0.794. The molecular weight excluding hydrogens is 280 g/mol. The number of rotatable bonds is 7. The van der Waals surface area contributed by atoms with Gasteiger partial charge in [0.15, 0.2) is 5.82 Å². The van der Waals surface area contributed by atoms with Crippen LogP contribution in [0, 0.1) is 0 Å². The van der Waals surface area contributed by atoms with Gasteiger partial charge in [-0.2, -0.15) is 0 Å². The van der Waals surface area contributed by atoms with Gasteiger partial charge in [0.2, 0.25) is 0 Å². The Balaban J connectivity index is 1.94. The van der Waals surface area contributed by atoms with Gasteiger partial charge in [-0.15, -0.1) is 5.10 Å². The van der Waals surface area contributed by atoms with Gasteiger partial charge in [-0.1, -0.05) is 30.2 Å². The molecule has 1 N–H and O–H groups in total. The van der Waals surface area contributed by atoms with E-state index < -0.39 is 5.97 Å². The number of hydrogen-bond donors (Lipinski definition) is 1. The van der Waals surface area contributed by atoms with Gasteiger partial charge in [0.25, 0.3) is 0 Å². The maximum Gasteiger partial charge on any atom is 0.303 e. The van der Waals surface area contributed by atoms with Crippen molar-refractivity contribution in [1.29, 1.82) is 0 Å². The minimum atomic E-state index is -0.757. The highest BCUT2D eigenvalue weighted by Crippen LogP contribution is 2.20. The smallest absolute Gasteiger partial charge is 0.303 e. The molecule has 0 aliphatic rings. The first kappa shape index (κ1) is 14.5. The van der Waals surface area contributed by atoms with Crippen LogP contribution in [0.5, 0.6) is 0 Å². The number of aromatic nitrogens is 4. The van der Waals surface area contributed by atoms with Crippen molar-refractivity contribution < 1.29 is 9.90 Å². The highest BCUT2D eigenvalue weighted by Gasteiger charge is 2.08. The van der Waals surface area contributed by atoms with E-state index in [1.807, 2.05) is 18.2 Å². The van der Waals surface area contributed by atoms with Gasteiger partial charge in [0, 0.05) is 23.6 Å². The molecule has 0 aliphatic carbocycles. The van der Waals surface area contributed by atoms with E-state index >= 15 is 0 Å². The molecule has 1 aromatic carbocycles. The van der Waals surface area contributed by atoms with Crippen molar-refractivity contribution in [2.45, 2.75) is 32.2 Å². The van der Waals surface area contributed by atoms with Gasteiger partial charge in [-0.3, -0.25) is 4.79 Å². The van der Waals surface area contributed by atoms with Crippen LogP contribution in [0.4, 0.5) is 0 Å². The van der Waals surface area contributed by atoms with Gasteiger partial charge in [-0.05, 0) is 35.4 Å². The van der Waals surface area contributed by atoms with Crippen LogP contribution in [0.2, 0.25) is 5.02 Å². The lowest BCUT2D eigenvalue weighted by molar-refractivity contribution is -0.137. The minimum absolute atomic E-state index is 0.205. The molecule has 0 saturated heterocycles. The molecule has 0 fully saturated rings. The fourth-order valence-electron chi connectivity index (χ4n) is 1.90. The molecule has 0 radical (unpaired) electrons. The molecule has 20 heavy (non-hydrogen) atoms. The van der Waals surface area contributed by atoms with Gasteiger partial charge >= 0.3 is 5.97 Å². The van der Waals surface area contributed by atoms with E-state index in [9.17, 15) is 4.79 Å². The Kier molecular flexibility index (Phi) is 5.06. The summed E-state index contributed by atoms with van der Waals surface area (Å²) < 4.78 is 1.71. The van der Waals surface area contributed by atoms with Crippen molar-refractivity contribution in [3.8, 4) is 11.4 Å². The van der Waals surface area contributed by atoms with Gasteiger partial charge in [0.1, 0.15) is 0 Å². The zero-order chi connectivity index (χ0) is 14.4. The second kappa shape index (κ2) is 7.00. The van der Waals surface area contributed by atoms with E-state index in [-0.39, 0.29) is 6.42 Å². The number of unbranched alkanes of at least 4 members (excludes halogenated alkanes) is 2. The Morgan fingerprint density at radius 3 is 2.90 bits per heavy atom. The summed E-state index contributed by atoms with van der Waals surface area (Å²) in [5.41, 5.74) is 0.869. The molecule has 106 valence electrons. The molecule has 1 aromatic heterocycles. The Bertz CT molecular complexity index is 585. The van der Waals surface area contributed by atoms with Crippen molar-refractivity contribution in [2.24, 2.45) is 0 Å². The first-order valence-corrected chi connectivity index (χ1v) is 6.78. The molecule has 7 heteroatoms. The molecule has 2 aromatic rings. The number of benzene rings is 1. The van der Waals surface area contributed by atoms with E-state index in [2.05, 4.69) is 15.5 Å². The molecule has 6 nitrogen and oxygen atoms in total. The maximum atomic E-state index is 10.4. The van der Waals surface area contributed by atoms with Gasteiger partial charge < -0.3 is 5.11 Å². The van der Waals surface area contributed by atoms with Crippen molar-refractivity contribution in [3.63, 3.8) is 0 Å². The van der Waals surface area contributed by atoms with Gasteiger partial charge in [-0.25, -0.2) is 4.68 Å². The number of carboxylic acids is 1. The molecule has 0 atom stereocenters. The third kappa shape index (κ3) is 4.03. The first-order valence-electron chi connectivity index (χ1n) is 6.41. The summed E-state index contributed by atoms with van der Waals surface area (Å²) in [5, 5.41) is 20.8. The molecule has 0 amide bonds. The standard InChI is InChI=1S/C13H15ClN4O2/c14-11-6-4-5-10(9-11)13-15-16-17-18(13)8-3-1-2-7-12(19)20/h4-6,9H,1-3,7-8H2,(H,19,20). The summed E-state index contributed by atoms with van der Waals surface area (Å²) in [7, 11) is 0. The molecule has 0 saturated carbocycles. The second-order valence-electron chi connectivity index (χ2n) is 4.44. The number of carboxylic acid groups (broad SMARTS) is 1. The zero-order valence-corrected chi connectivity index (χ0v) is 11.6. The van der Waals surface area contributed by atoms with Crippen LogP contribution in [-0.2, 0) is 11.3 Å². The van der Waals surface area contributed by atoms with Crippen LogP contribution in [0.15, 0.2) is 24.3 Å². The number of tetrazole rings is 1. The number of aliphatic carboxylic acids is 1. The molecule has 2 rings (SSSR count). The number of halogens is 1. The van der Waals surface area contributed by atoms with E-state index in [0.29, 0.717) is 23.8 Å². The number of carbonyl (C=O) groups is 1. The van der Waals surface area contributed by atoms with Crippen LogP contribution >= 0.6 is 11.6 Å². The topological polar surface area (TPSA) is 80.9 Å². The fourth-order valence-corrected chi connectivity index (χ4v) is 2.09. The molecular formula is C13H15ClN4O2. The predicted molar refractivity (Wildman–Crippen MR) is 74.4 cm³/mol. The zero-order valence-electron chi connectivity index (χ0n) is 10.9. The summed E-state index contributed by atoms with van der Waals surface area (Å²) in [4.78, 5) is 10.4. The number of aryl methyl sites for hydroxylation is 1. The lowest BCUT2D eigenvalue weighted by Crippen LogP contribution is -2.03. The Hall–Kier alpha value is -1.95.